The first kappa shape index (κ1) is 17.0. The zero-order chi connectivity index (χ0) is 15.0. The van der Waals surface area contributed by atoms with Crippen LogP contribution in [0.1, 0.15) is 38.7 Å². The van der Waals surface area contributed by atoms with Crippen LogP contribution in [-0.2, 0) is 9.53 Å². The molecule has 0 amide bonds. The van der Waals surface area contributed by atoms with Crippen LogP contribution >= 0.6 is 15.9 Å². The van der Waals surface area contributed by atoms with Gasteiger partial charge in [0.15, 0.2) is 0 Å². The summed E-state index contributed by atoms with van der Waals surface area (Å²) in [4.78, 5) is 11.1. The molecule has 1 aromatic rings. The maximum absolute atomic E-state index is 11.1. The molecule has 0 fully saturated rings. The third-order valence-corrected chi connectivity index (χ3v) is 4.37. The van der Waals surface area contributed by atoms with E-state index < -0.39 is 0 Å². The normalized spacial score (nSPS) is 14.2. The van der Waals surface area contributed by atoms with Crippen LogP contribution in [0.2, 0.25) is 0 Å². The van der Waals surface area contributed by atoms with Gasteiger partial charge in [0, 0.05) is 10.9 Å². The molecule has 20 heavy (non-hydrogen) atoms. The summed E-state index contributed by atoms with van der Waals surface area (Å²) in [5.41, 5.74) is 1.20. The van der Waals surface area contributed by atoms with Gasteiger partial charge in [-0.05, 0) is 36.3 Å². The molecule has 1 rings (SSSR count). The predicted octanol–water partition coefficient (Wildman–Crippen LogP) is 5.08. The number of hydrogen-bond donors (Lipinski definition) is 0. The Morgan fingerprint density at radius 2 is 2.05 bits per heavy atom. The topological polar surface area (TPSA) is 26.3 Å². The molecule has 110 valence electrons. The van der Waals surface area contributed by atoms with Crippen LogP contribution < -0.4 is 0 Å². The van der Waals surface area contributed by atoms with Gasteiger partial charge in [-0.3, -0.25) is 4.79 Å². The molecular weight excluding hydrogens is 316 g/mol. The van der Waals surface area contributed by atoms with Crippen molar-refractivity contribution in [1.29, 1.82) is 0 Å². The van der Waals surface area contributed by atoms with Crippen LogP contribution in [0.3, 0.4) is 0 Å². The second kappa shape index (κ2) is 8.96. The summed E-state index contributed by atoms with van der Waals surface area (Å²) in [6.45, 7) is 4.45. The summed E-state index contributed by atoms with van der Waals surface area (Å²) >= 11 is 3.55. The van der Waals surface area contributed by atoms with E-state index in [0.29, 0.717) is 18.3 Å². The molecule has 0 radical (unpaired) electrons. The Hall–Kier alpha value is -1.09. The molecule has 0 bridgehead atoms. The largest absolute Gasteiger partial charge is 0.469 e. The minimum atomic E-state index is -0.117. The van der Waals surface area contributed by atoms with Crippen molar-refractivity contribution in [3.63, 3.8) is 0 Å². The van der Waals surface area contributed by atoms with Crippen molar-refractivity contribution in [2.24, 2.45) is 11.8 Å². The molecule has 0 spiro atoms. The van der Waals surface area contributed by atoms with Crippen molar-refractivity contribution in [3.05, 3.63) is 40.4 Å². The second-order valence-corrected chi connectivity index (χ2v) is 6.04. The van der Waals surface area contributed by atoms with Crippen molar-refractivity contribution < 1.29 is 9.53 Å². The molecular formula is C17H23BrO2. The average Bonchev–Trinajstić information content (AvgIpc) is 2.45. The van der Waals surface area contributed by atoms with E-state index in [1.54, 1.807) is 0 Å². The molecule has 2 atom stereocenters. The monoisotopic (exact) mass is 338 g/mol. The maximum Gasteiger partial charge on any atom is 0.305 e. The van der Waals surface area contributed by atoms with Gasteiger partial charge in [0.05, 0.1) is 7.11 Å². The first-order valence-electron chi connectivity index (χ1n) is 7.04. The Bertz CT molecular complexity index is 454. The average molecular weight is 339 g/mol. The summed E-state index contributed by atoms with van der Waals surface area (Å²) in [5, 5.41) is 0. The molecule has 0 aliphatic heterocycles. The van der Waals surface area contributed by atoms with Gasteiger partial charge in [0.1, 0.15) is 0 Å². The minimum Gasteiger partial charge on any atom is -0.469 e. The van der Waals surface area contributed by atoms with Gasteiger partial charge in [-0.15, -0.1) is 0 Å². The SMILES string of the molecule is COC(=O)CCC[C@H](C)[C@H](C)/C=C/c1ccccc1Br. The van der Waals surface area contributed by atoms with Gasteiger partial charge in [-0.1, -0.05) is 60.1 Å². The second-order valence-electron chi connectivity index (χ2n) is 5.19. The molecule has 3 heteroatoms. The highest BCUT2D eigenvalue weighted by Gasteiger charge is 2.10. The highest BCUT2D eigenvalue weighted by atomic mass is 79.9. The van der Waals surface area contributed by atoms with E-state index in [1.807, 2.05) is 18.2 Å². The van der Waals surface area contributed by atoms with Crippen LogP contribution in [0.4, 0.5) is 0 Å². The van der Waals surface area contributed by atoms with Gasteiger partial charge in [0.2, 0.25) is 0 Å². The number of esters is 1. The Kier molecular flexibility index (Phi) is 7.60. The lowest BCUT2D eigenvalue weighted by molar-refractivity contribution is -0.140. The number of benzene rings is 1. The van der Waals surface area contributed by atoms with Crippen LogP contribution in [0, 0.1) is 11.8 Å². The molecule has 2 nitrogen and oxygen atoms in total. The minimum absolute atomic E-state index is 0.117. The number of hydrogen-bond acceptors (Lipinski definition) is 2. The fourth-order valence-corrected chi connectivity index (χ4v) is 2.41. The lowest BCUT2D eigenvalue weighted by atomic mass is 9.90. The number of halogens is 1. The number of carbonyl (C=O) groups excluding carboxylic acids is 1. The lowest BCUT2D eigenvalue weighted by Gasteiger charge is -2.16. The summed E-state index contributed by atoms with van der Waals surface area (Å²) < 4.78 is 5.77. The fourth-order valence-electron chi connectivity index (χ4n) is 1.99. The number of carbonyl (C=O) groups is 1. The van der Waals surface area contributed by atoms with Gasteiger partial charge in [-0.2, -0.15) is 0 Å². The molecule has 0 aromatic heterocycles. The van der Waals surface area contributed by atoms with E-state index in [0.717, 1.165) is 17.3 Å². The summed E-state index contributed by atoms with van der Waals surface area (Å²) in [6, 6.07) is 8.19. The van der Waals surface area contributed by atoms with Crippen molar-refractivity contribution in [2.75, 3.05) is 7.11 Å². The first-order chi connectivity index (χ1) is 9.54. The highest BCUT2D eigenvalue weighted by molar-refractivity contribution is 9.10. The van der Waals surface area contributed by atoms with Gasteiger partial charge in [-0.25, -0.2) is 0 Å². The first-order valence-corrected chi connectivity index (χ1v) is 7.83. The molecule has 1 aromatic carbocycles. The number of allylic oxidation sites excluding steroid dienone is 1. The van der Waals surface area contributed by atoms with Crippen LogP contribution in [0.25, 0.3) is 6.08 Å². The van der Waals surface area contributed by atoms with Crippen molar-refractivity contribution in [3.8, 4) is 0 Å². The predicted molar refractivity (Wildman–Crippen MR) is 87.4 cm³/mol. The molecule has 0 N–H and O–H groups in total. The Balaban J connectivity index is 2.43. The zero-order valence-corrected chi connectivity index (χ0v) is 14.0. The Morgan fingerprint density at radius 1 is 1.35 bits per heavy atom. The summed E-state index contributed by atoms with van der Waals surface area (Å²) in [5.74, 6) is 0.923. The molecule has 0 aliphatic carbocycles. The van der Waals surface area contributed by atoms with E-state index in [9.17, 15) is 4.79 Å². The summed E-state index contributed by atoms with van der Waals surface area (Å²) in [6.07, 6.45) is 6.84. The standard InChI is InChI=1S/C17H23BrO2/c1-13(7-6-10-17(19)20-3)14(2)11-12-15-8-4-5-9-16(15)18/h4-5,8-9,11-14H,6-7,10H2,1-3H3/b12-11+/t13-,14+/m0/s1. The van der Waals surface area contributed by atoms with Gasteiger partial charge in [0.25, 0.3) is 0 Å². The van der Waals surface area contributed by atoms with E-state index in [1.165, 1.54) is 12.7 Å². The smallest absolute Gasteiger partial charge is 0.305 e. The quantitative estimate of drug-likeness (QED) is 0.648. The van der Waals surface area contributed by atoms with Crippen LogP contribution in [0.5, 0.6) is 0 Å². The molecule has 0 aliphatic rings. The molecule has 0 unspecified atom stereocenters. The number of ether oxygens (including phenoxy) is 1. The van der Waals surface area contributed by atoms with E-state index in [4.69, 9.17) is 0 Å². The van der Waals surface area contributed by atoms with Crippen molar-refractivity contribution in [1.82, 2.24) is 0 Å². The van der Waals surface area contributed by atoms with Gasteiger partial charge < -0.3 is 4.74 Å². The molecule has 0 heterocycles. The van der Waals surface area contributed by atoms with E-state index in [2.05, 4.69) is 52.7 Å². The molecule has 0 saturated heterocycles. The maximum atomic E-state index is 11.1. The third-order valence-electron chi connectivity index (χ3n) is 3.65. The summed E-state index contributed by atoms with van der Waals surface area (Å²) in [7, 11) is 1.44. The third kappa shape index (κ3) is 5.91. The zero-order valence-electron chi connectivity index (χ0n) is 12.4. The molecule has 0 saturated carbocycles. The van der Waals surface area contributed by atoms with Crippen LogP contribution in [-0.4, -0.2) is 13.1 Å². The van der Waals surface area contributed by atoms with E-state index >= 15 is 0 Å². The Labute approximate surface area is 130 Å². The van der Waals surface area contributed by atoms with Crippen molar-refractivity contribution >= 4 is 28.0 Å². The Morgan fingerprint density at radius 3 is 2.70 bits per heavy atom. The lowest BCUT2D eigenvalue weighted by Crippen LogP contribution is -2.07. The van der Waals surface area contributed by atoms with E-state index in [-0.39, 0.29) is 5.97 Å². The number of methoxy groups -OCH3 is 1. The number of rotatable bonds is 7. The van der Waals surface area contributed by atoms with Crippen LogP contribution in [0.15, 0.2) is 34.8 Å². The fraction of sp³-hybridized carbons (Fsp3) is 0.471. The highest BCUT2D eigenvalue weighted by Crippen LogP contribution is 2.22. The van der Waals surface area contributed by atoms with Crippen molar-refractivity contribution in [2.45, 2.75) is 33.1 Å². The van der Waals surface area contributed by atoms with Gasteiger partial charge >= 0.3 is 5.97 Å².